The van der Waals surface area contributed by atoms with Crippen molar-refractivity contribution in [3.05, 3.63) is 35.4 Å². The fourth-order valence-electron chi connectivity index (χ4n) is 3.21. The Morgan fingerprint density at radius 2 is 1.86 bits per heavy atom. The topological polar surface area (TPSA) is 21.3 Å². The summed E-state index contributed by atoms with van der Waals surface area (Å²) in [6, 6.07) is 9.68. The van der Waals surface area contributed by atoms with Crippen LogP contribution in [-0.2, 0) is 11.2 Å². The second-order valence-corrected chi connectivity index (χ2v) is 6.25. The molecular formula is C19H31NO. The summed E-state index contributed by atoms with van der Waals surface area (Å²) in [5, 5.41) is 3.73. The Hall–Kier alpha value is -0.860. The number of benzene rings is 1. The SMILES string of the molecule is CCCNC(CC1CC(OCC)C1)c1ccc(CC)cc1. The molecule has 1 saturated carbocycles. The van der Waals surface area contributed by atoms with E-state index in [9.17, 15) is 0 Å². The van der Waals surface area contributed by atoms with Gasteiger partial charge in [0.15, 0.2) is 0 Å². The quantitative estimate of drug-likeness (QED) is 0.723. The minimum atomic E-state index is 0.503. The van der Waals surface area contributed by atoms with Crippen LogP contribution in [0, 0.1) is 5.92 Å². The van der Waals surface area contributed by atoms with E-state index in [4.69, 9.17) is 4.74 Å². The van der Waals surface area contributed by atoms with E-state index in [1.54, 1.807) is 0 Å². The van der Waals surface area contributed by atoms with E-state index in [1.165, 1.54) is 36.8 Å². The second-order valence-electron chi connectivity index (χ2n) is 6.25. The average Bonchev–Trinajstić information content (AvgIpc) is 2.48. The van der Waals surface area contributed by atoms with Crippen molar-refractivity contribution in [3.63, 3.8) is 0 Å². The zero-order valence-electron chi connectivity index (χ0n) is 13.9. The smallest absolute Gasteiger partial charge is 0.0580 e. The predicted octanol–water partition coefficient (Wildman–Crippen LogP) is 4.49. The van der Waals surface area contributed by atoms with E-state index in [1.807, 2.05) is 0 Å². The van der Waals surface area contributed by atoms with Crippen molar-refractivity contribution in [1.82, 2.24) is 5.32 Å². The van der Waals surface area contributed by atoms with Gasteiger partial charge in [0, 0.05) is 12.6 Å². The molecule has 0 bridgehead atoms. The van der Waals surface area contributed by atoms with Crippen LogP contribution in [0.2, 0.25) is 0 Å². The molecular weight excluding hydrogens is 258 g/mol. The predicted molar refractivity (Wildman–Crippen MR) is 89.6 cm³/mol. The summed E-state index contributed by atoms with van der Waals surface area (Å²) in [4.78, 5) is 0. The molecule has 1 unspecified atom stereocenters. The van der Waals surface area contributed by atoms with Crippen LogP contribution >= 0.6 is 0 Å². The highest BCUT2D eigenvalue weighted by Gasteiger charge is 2.31. The lowest BCUT2D eigenvalue weighted by Crippen LogP contribution is -2.35. The van der Waals surface area contributed by atoms with E-state index in [0.29, 0.717) is 12.1 Å². The van der Waals surface area contributed by atoms with Crippen LogP contribution in [0.1, 0.15) is 63.6 Å². The van der Waals surface area contributed by atoms with Gasteiger partial charge in [0.25, 0.3) is 0 Å². The van der Waals surface area contributed by atoms with E-state index < -0.39 is 0 Å². The van der Waals surface area contributed by atoms with Crippen LogP contribution in [0.5, 0.6) is 0 Å². The van der Waals surface area contributed by atoms with Gasteiger partial charge in [0.1, 0.15) is 0 Å². The lowest BCUT2D eigenvalue weighted by atomic mass is 9.77. The second kappa shape index (κ2) is 8.55. The highest BCUT2D eigenvalue weighted by Crippen LogP contribution is 2.37. The summed E-state index contributed by atoms with van der Waals surface area (Å²) in [7, 11) is 0. The molecule has 0 aliphatic heterocycles. The first-order chi connectivity index (χ1) is 10.3. The summed E-state index contributed by atoms with van der Waals surface area (Å²) in [6.07, 6.45) is 6.56. The highest BCUT2D eigenvalue weighted by molar-refractivity contribution is 5.25. The number of aryl methyl sites for hydroxylation is 1. The largest absolute Gasteiger partial charge is 0.378 e. The molecule has 0 amide bonds. The van der Waals surface area contributed by atoms with Crippen LogP contribution in [-0.4, -0.2) is 19.3 Å². The maximum Gasteiger partial charge on any atom is 0.0580 e. The molecule has 118 valence electrons. The first-order valence-corrected chi connectivity index (χ1v) is 8.70. The van der Waals surface area contributed by atoms with Gasteiger partial charge in [-0.3, -0.25) is 0 Å². The molecule has 0 saturated heterocycles. The molecule has 1 aliphatic rings. The lowest BCUT2D eigenvalue weighted by Gasteiger charge is -2.37. The molecule has 2 heteroatoms. The number of rotatable bonds is 9. The fraction of sp³-hybridized carbons (Fsp3) is 0.684. The molecule has 0 aromatic heterocycles. The van der Waals surface area contributed by atoms with Crippen LogP contribution in [0.4, 0.5) is 0 Å². The van der Waals surface area contributed by atoms with Gasteiger partial charge in [-0.2, -0.15) is 0 Å². The molecule has 1 atom stereocenters. The Kier molecular flexibility index (Phi) is 6.72. The third kappa shape index (κ3) is 4.82. The molecule has 21 heavy (non-hydrogen) atoms. The maximum absolute atomic E-state index is 5.69. The van der Waals surface area contributed by atoms with Gasteiger partial charge in [0.2, 0.25) is 0 Å². The molecule has 1 fully saturated rings. The summed E-state index contributed by atoms with van der Waals surface area (Å²) >= 11 is 0. The van der Waals surface area contributed by atoms with Crippen molar-refractivity contribution in [2.45, 2.75) is 65.0 Å². The minimum Gasteiger partial charge on any atom is -0.378 e. The number of hydrogen-bond acceptors (Lipinski definition) is 2. The molecule has 1 N–H and O–H groups in total. The molecule has 0 radical (unpaired) electrons. The Morgan fingerprint density at radius 3 is 2.43 bits per heavy atom. The number of nitrogens with one attached hydrogen (secondary N) is 1. The third-order valence-corrected chi connectivity index (χ3v) is 4.59. The zero-order chi connectivity index (χ0) is 15.1. The van der Waals surface area contributed by atoms with Crippen LogP contribution < -0.4 is 5.32 Å². The van der Waals surface area contributed by atoms with Crippen LogP contribution in [0.15, 0.2) is 24.3 Å². The van der Waals surface area contributed by atoms with E-state index in [-0.39, 0.29) is 0 Å². The van der Waals surface area contributed by atoms with Gasteiger partial charge in [-0.05, 0) is 62.6 Å². The van der Waals surface area contributed by atoms with Gasteiger partial charge in [0.05, 0.1) is 6.10 Å². The van der Waals surface area contributed by atoms with E-state index in [2.05, 4.69) is 50.4 Å². The lowest BCUT2D eigenvalue weighted by molar-refractivity contribution is -0.0291. The number of ether oxygens (including phenoxy) is 1. The van der Waals surface area contributed by atoms with Gasteiger partial charge in [-0.25, -0.2) is 0 Å². The first-order valence-electron chi connectivity index (χ1n) is 8.70. The van der Waals surface area contributed by atoms with Crippen LogP contribution in [0.3, 0.4) is 0 Å². The fourth-order valence-corrected chi connectivity index (χ4v) is 3.21. The zero-order valence-corrected chi connectivity index (χ0v) is 13.9. The summed E-state index contributed by atoms with van der Waals surface area (Å²) in [6.45, 7) is 8.49. The van der Waals surface area contributed by atoms with Crippen molar-refractivity contribution in [2.24, 2.45) is 5.92 Å². The Morgan fingerprint density at radius 1 is 1.14 bits per heavy atom. The highest BCUT2D eigenvalue weighted by atomic mass is 16.5. The molecule has 1 aromatic carbocycles. The normalized spacial score (nSPS) is 22.8. The van der Waals surface area contributed by atoms with Crippen molar-refractivity contribution in [3.8, 4) is 0 Å². The monoisotopic (exact) mass is 289 g/mol. The number of hydrogen-bond donors (Lipinski definition) is 1. The summed E-state index contributed by atoms with van der Waals surface area (Å²) in [5.41, 5.74) is 2.87. The Labute approximate surface area is 130 Å². The summed E-state index contributed by atoms with van der Waals surface area (Å²) < 4.78 is 5.69. The van der Waals surface area contributed by atoms with Crippen molar-refractivity contribution >= 4 is 0 Å². The molecule has 0 heterocycles. The maximum atomic E-state index is 5.69. The minimum absolute atomic E-state index is 0.503. The first kappa shape index (κ1) is 16.5. The van der Waals surface area contributed by atoms with Crippen molar-refractivity contribution in [1.29, 1.82) is 0 Å². The molecule has 2 rings (SSSR count). The van der Waals surface area contributed by atoms with Crippen molar-refractivity contribution < 1.29 is 4.74 Å². The average molecular weight is 289 g/mol. The molecule has 2 nitrogen and oxygen atoms in total. The van der Waals surface area contributed by atoms with Crippen LogP contribution in [0.25, 0.3) is 0 Å². The van der Waals surface area contributed by atoms with Gasteiger partial charge >= 0.3 is 0 Å². The summed E-state index contributed by atoms with van der Waals surface area (Å²) in [5.74, 6) is 0.821. The molecule has 0 spiro atoms. The molecule has 1 aliphatic carbocycles. The Bertz CT molecular complexity index is 395. The van der Waals surface area contributed by atoms with E-state index >= 15 is 0 Å². The third-order valence-electron chi connectivity index (χ3n) is 4.59. The molecule has 1 aromatic rings. The van der Waals surface area contributed by atoms with Gasteiger partial charge in [-0.1, -0.05) is 38.1 Å². The van der Waals surface area contributed by atoms with E-state index in [0.717, 1.165) is 25.5 Å². The van der Waals surface area contributed by atoms with Crippen molar-refractivity contribution in [2.75, 3.05) is 13.2 Å². The Balaban J connectivity index is 1.91. The van der Waals surface area contributed by atoms with Gasteiger partial charge < -0.3 is 10.1 Å². The standard InChI is InChI=1S/C19H31NO/c1-4-11-20-19(14-16-12-18(13-16)21-6-3)17-9-7-15(5-2)8-10-17/h7-10,16,18-20H,4-6,11-14H2,1-3H3. The van der Waals surface area contributed by atoms with Gasteiger partial charge in [-0.15, -0.1) is 0 Å².